The Balaban J connectivity index is 2.07. The van der Waals surface area contributed by atoms with E-state index in [0.29, 0.717) is 29.7 Å². The van der Waals surface area contributed by atoms with Crippen LogP contribution in [0.1, 0.15) is 26.3 Å². The fraction of sp³-hybridized carbons (Fsp3) is 0.529. The van der Waals surface area contributed by atoms with Crippen LogP contribution in [0.4, 0.5) is 0 Å². The van der Waals surface area contributed by atoms with Crippen molar-refractivity contribution in [3.05, 3.63) is 28.8 Å². The minimum atomic E-state index is -0.504. The molecule has 0 saturated carbocycles. The van der Waals surface area contributed by atoms with E-state index in [0.717, 1.165) is 5.56 Å². The largest absolute Gasteiger partial charge is 0.494 e. The summed E-state index contributed by atoms with van der Waals surface area (Å²) in [6.07, 6.45) is 0. The highest BCUT2D eigenvalue weighted by atomic mass is 35.5. The highest BCUT2D eigenvalue weighted by Crippen LogP contribution is 2.30. The maximum absolute atomic E-state index is 12.6. The second-order valence-electron chi connectivity index (χ2n) is 6.23. The van der Waals surface area contributed by atoms with E-state index in [-0.39, 0.29) is 11.8 Å². The normalized spacial score (nSPS) is 19.5. The molecule has 1 atom stereocenters. The average molecular weight is 371 g/mol. The Morgan fingerprint density at radius 3 is 2.83 bits per heavy atom. The van der Waals surface area contributed by atoms with Crippen LogP contribution in [0.25, 0.3) is 0 Å². The van der Waals surface area contributed by atoms with Crippen molar-refractivity contribution in [2.45, 2.75) is 38.1 Å². The minimum absolute atomic E-state index is 0.108. The van der Waals surface area contributed by atoms with E-state index in [1.54, 1.807) is 30.1 Å². The molecule has 1 N–H and O–H groups in total. The van der Waals surface area contributed by atoms with Gasteiger partial charge in [-0.3, -0.25) is 9.59 Å². The lowest BCUT2D eigenvalue weighted by molar-refractivity contribution is -0.136. The number of hydrogen-bond acceptors (Lipinski definition) is 4. The molecule has 1 aromatic rings. The summed E-state index contributed by atoms with van der Waals surface area (Å²) in [5.74, 6) is 1.05. The predicted molar refractivity (Wildman–Crippen MR) is 97.6 cm³/mol. The molecular weight excluding hydrogens is 348 g/mol. The number of hydrogen-bond donors (Lipinski definition) is 1. The van der Waals surface area contributed by atoms with Crippen molar-refractivity contribution < 1.29 is 14.3 Å². The highest BCUT2D eigenvalue weighted by molar-refractivity contribution is 8.01. The van der Waals surface area contributed by atoms with Gasteiger partial charge in [0.2, 0.25) is 11.8 Å². The monoisotopic (exact) mass is 370 g/mol. The third-order valence-corrected chi connectivity index (χ3v) is 5.51. The van der Waals surface area contributed by atoms with Crippen LogP contribution in [0.2, 0.25) is 5.02 Å². The zero-order valence-electron chi connectivity index (χ0n) is 14.4. The van der Waals surface area contributed by atoms with Gasteiger partial charge in [-0.05, 0) is 39.0 Å². The summed E-state index contributed by atoms with van der Waals surface area (Å²) in [7, 11) is 1.72. The van der Waals surface area contributed by atoms with Crippen LogP contribution < -0.4 is 10.1 Å². The van der Waals surface area contributed by atoms with Crippen molar-refractivity contribution in [3.63, 3.8) is 0 Å². The summed E-state index contributed by atoms with van der Waals surface area (Å²) in [6, 6.07) is 4.86. The molecule has 1 heterocycles. The van der Waals surface area contributed by atoms with Crippen LogP contribution in [-0.4, -0.2) is 46.9 Å². The molecule has 1 unspecified atom stereocenters. The van der Waals surface area contributed by atoms with Crippen molar-refractivity contribution in [2.75, 3.05) is 19.4 Å². The lowest BCUT2D eigenvalue weighted by Crippen LogP contribution is -2.57. The van der Waals surface area contributed by atoms with E-state index >= 15 is 0 Å². The number of carbonyl (C=O) groups is 2. The average Bonchev–Trinajstić information content (AvgIpc) is 2.52. The van der Waals surface area contributed by atoms with Crippen LogP contribution in [0.15, 0.2) is 18.2 Å². The Morgan fingerprint density at radius 1 is 1.50 bits per heavy atom. The predicted octanol–water partition coefficient (Wildman–Crippen LogP) is 2.71. The topological polar surface area (TPSA) is 58.6 Å². The molecule has 24 heavy (non-hydrogen) atoms. The molecule has 0 bridgehead atoms. The van der Waals surface area contributed by atoms with Gasteiger partial charge in [-0.1, -0.05) is 11.6 Å². The maximum Gasteiger partial charge on any atom is 0.246 e. The molecule has 0 aliphatic carbocycles. The van der Waals surface area contributed by atoms with Crippen molar-refractivity contribution >= 4 is 35.2 Å². The number of benzene rings is 1. The van der Waals surface area contributed by atoms with E-state index < -0.39 is 10.8 Å². The van der Waals surface area contributed by atoms with E-state index in [4.69, 9.17) is 16.3 Å². The molecule has 1 aromatic carbocycles. The SMILES string of the molecule is CCOc1ccc(Cl)cc1CN(C)C(=O)C1CSC(C)(C)C(=O)N1. The first-order chi connectivity index (χ1) is 11.2. The number of amides is 2. The molecule has 2 amide bonds. The van der Waals surface area contributed by atoms with Gasteiger partial charge in [0.25, 0.3) is 0 Å². The summed E-state index contributed by atoms with van der Waals surface area (Å²) in [5, 5.41) is 3.41. The lowest BCUT2D eigenvalue weighted by Gasteiger charge is -2.34. The molecule has 5 nitrogen and oxygen atoms in total. The zero-order valence-corrected chi connectivity index (χ0v) is 16.0. The molecular formula is C17H23ClN2O3S. The standard InChI is InChI=1S/C17H23ClN2O3S/c1-5-23-14-7-6-12(18)8-11(14)9-20(4)15(21)13-10-24-17(2,3)16(22)19-13/h6-8,13H,5,9-10H2,1-4H3,(H,19,22). The van der Waals surface area contributed by atoms with Gasteiger partial charge in [0.05, 0.1) is 11.4 Å². The number of likely N-dealkylation sites (N-methyl/N-ethyl adjacent to an activating group) is 1. The van der Waals surface area contributed by atoms with Crippen LogP contribution >= 0.6 is 23.4 Å². The summed E-state index contributed by atoms with van der Waals surface area (Å²) < 4.78 is 5.10. The molecule has 0 spiro atoms. The molecule has 7 heteroatoms. The second kappa shape index (κ2) is 7.66. The van der Waals surface area contributed by atoms with Crippen molar-refractivity contribution in [2.24, 2.45) is 0 Å². The number of nitrogens with zero attached hydrogens (tertiary/aromatic N) is 1. The summed E-state index contributed by atoms with van der Waals surface area (Å²) in [5.41, 5.74) is 0.843. The Labute approximate surface area is 152 Å². The quantitative estimate of drug-likeness (QED) is 0.865. The molecule has 2 rings (SSSR count). The number of carbonyl (C=O) groups excluding carboxylic acids is 2. The van der Waals surface area contributed by atoms with E-state index in [2.05, 4.69) is 5.32 Å². The van der Waals surface area contributed by atoms with Crippen LogP contribution in [0, 0.1) is 0 Å². The lowest BCUT2D eigenvalue weighted by atomic mass is 10.1. The van der Waals surface area contributed by atoms with Crippen LogP contribution in [-0.2, 0) is 16.1 Å². The van der Waals surface area contributed by atoms with Gasteiger partial charge in [-0.2, -0.15) is 0 Å². The van der Waals surface area contributed by atoms with Gasteiger partial charge in [-0.25, -0.2) is 0 Å². The van der Waals surface area contributed by atoms with Crippen LogP contribution in [0.5, 0.6) is 5.75 Å². The number of ether oxygens (including phenoxy) is 1. The number of thioether (sulfide) groups is 1. The van der Waals surface area contributed by atoms with Crippen molar-refractivity contribution in [1.29, 1.82) is 0 Å². The Morgan fingerprint density at radius 2 is 2.21 bits per heavy atom. The first kappa shape index (κ1) is 18.9. The first-order valence-electron chi connectivity index (χ1n) is 7.85. The Kier molecular flexibility index (Phi) is 6.04. The van der Waals surface area contributed by atoms with E-state index in [1.165, 1.54) is 11.8 Å². The summed E-state index contributed by atoms with van der Waals surface area (Å²) in [4.78, 5) is 26.3. The van der Waals surface area contributed by atoms with Gasteiger partial charge in [-0.15, -0.1) is 11.8 Å². The van der Waals surface area contributed by atoms with Gasteiger partial charge in [0.15, 0.2) is 0 Å². The zero-order chi connectivity index (χ0) is 17.9. The number of halogens is 1. The van der Waals surface area contributed by atoms with Gasteiger partial charge < -0.3 is 15.0 Å². The number of nitrogens with one attached hydrogen (secondary N) is 1. The maximum atomic E-state index is 12.6. The van der Waals surface area contributed by atoms with Gasteiger partial charge in [0, 0.05) is 29.9 Å². The third-order valence-electron chi connectivity index (χ3n) is 3.87. The third kappa shape index (κ3) is 4.36. The number of rotatable bonds is 5. The molecule has 132 valence electrons. The van der Waals surface area contributed by atoms with Crippen molar-refractivity contribution in [3.8, 4) is 5.75 Å². The molecule has 0 aromatic heterocycles. The molecule has 1 aliphatic rings. The summed E-state index contributed by atoms with van der Waals surface area (Å²) in [6.45, 7) is 6.53. The highest BCUT2D eigenvalue weighted by Gasteiger charge is 2.38. The fourth-order valence-electron chi connectivity index (χ4n) is 2.43. The summed E-state index contributed by atoms with van der Waals surface area (Å²) >= 11 is 7.56. The first-order valence-corrected chi connectivity index (χ1v) is 9.22. The molecule has 1 aliphatic heterocycles. The molecule has 0 radical (unpaired) electrons. The fourth-order valence-corrected chi connectivity index (χ4v) is 3.63. The van der Waals surface area contributed by atoms with E-state index in [1.807, 2.05) is 20.8 Å². The minimum Gasteiger partial charge on any atom is -0.494 e. The van der Waals surface area contributed by atoms with Gasteiger partial charge >= 0.3 is 0 Å². The smallest absolute Gasteiger partial charge is 0.246 e. The van der Waals surface area contributed by atoms with Gasteiger partial charge in [0.1, 0.15) is 11.8 Å². The van der Waals surface area contributed by atoms with Crippen molar-refractivity contribution in [1.82, 2.24) is 10.2 Å². The second-order valence-corrected chi connectivity index (χ2v) is 8.31. The van der Waals surface area contributed by atoms with E-state index in [9.17, 15) is 9.59 Å². The van der Waals surface area contributed by atoms with Crippen LogP contribution in [0.3, 0.4) is 0 Å². The molecule has 1 fully saturated rings. The Bertz CT molecular complexity index is 636. The molecule has 1 saturated heterocycles. The Hall–Kier alpha value is -1.40.